The van der Waals surface area contributed by atoms with Crippen molar-refractivity contribution in [1.29, 1.82) is 0 Å². The highest BCUT2D eigenvalue weighted by molar-refractivity contribution is 5.95. The number of rotatable bonds is 1. The first-order valence-electron chi connectivity index (χ1n) is 6.55. The Morgan fingerprint density at radius 3 is 2.67 bits per heavy atom. The van der Waals surface area contributed by atoms with Crippen molar-refractivity contribution >= 4 is 41.8 Å². The van der Waals surface area contributed by atoms with E-state index in [0.717, 1.165) is 24.1 Å². The van der Waals surface area contributed by atoms with Crippen LogP contribution in [0, 0.1) is 6.92 Å². The molecule has 1 amide bonds. The third kappa shape index (κ3) is 3.67. The van der Waals surface area contributed by atoms with Crippen molar-refractivity contribution in [2.75, 3.05) is 13.1 Å². The van der Waals surface area contributed by atoms with E-state index in [1.807, 2.05) is 19.1 Å². The molecule has 5 nitrogen and oxygen atoms in total. The quantitative estimate of drug-likeness (QED) is 0.871. The average molecular weight is 332 g/mol. The summed E-state index contributed by atoms with van der Waals surface area (Å²) in [6, 6.07) is 5.66. The number of carbonyl (C=O) groups excluding carboxylic acids is 1. The number of carbonyl (C=O) groups is 1. The van der Waals surface area contributed by atoms with Gasteiger partial charge in [-0.3, -0.25) is 4.79 Å². The summed E-state index contributed by atoms with van der Waals surface area (Å²) in [6.07, 6.45) is 1.70. The zero-order valence-electron chi connectivity index (χ0n) is 11.7. The predicted molar refractivity (Wildman–Crippen MR) is 86.4 cm³/mol. The maximum absolute atomic E-state index is 12.3. The van der Waals surface area contributed by atoms with E-state index in [9.17, 15) is 4.79 Å². The maximum atomic E-state index is 12.3. The molecular weight excluding hydrogens is 313 g/mol. The topological polar surface area (TPSA) is 72.4 Å². The van der Waals surface area contributed by atoms with Crippen LogP contribution in [-0.4, -0.2) is 34.9 Å². The molecule has 2 aromatic rings. The summed E-state index contributed by atoms with van der Waals surface area (Å²) in [6.45, 7) is 3.31. The van der Waals surface area contributed by atoms with E-state index < -0.39 is 0 Å². The van der Waals surface area contributed by atoms with E-state index in [2.05, 4.69) is 4.98 Å². The summed E-state index contributed by atoms with van der Waals surface area (Å²) in [5.41, 5.74) is 8.14. The van der Waals surface area contributed by atoms with E-state index in [4.69, 9.17) is 10.2 Å². The zero-order valence-corrected chi connectivity index (χ0v) is 13.4. The molecule has 1 aliphatic rings. The minimum atomic E-state index is -0.0671. The second-order valence-electron chi connectivity index (χ2n) is 5.08. The molecule has 7 heteroatoms. The molecule has 0 spiro atoms. The second-order valence-corrected chi connectivity index (χ2v) is 5.08. The van der Waals surface area contributed by atoms with Crippen LogP contribution in [0.1, 0.15) is 29.1 Å². The van der Waals surface area contributed by atoms with Gasteiger partial charge in [-0.1, -0.05) is 0 Å². The second kappa shape index (κ2) is 7.11. The lowest BCUT2D eigenvalue weighted by Crippen LogP contribution is -2.42. The van der Waals surface area contributed by atoms with E-state index >= 15 is 0 Å². The van der Waals surface area contributed by atoms with E-state index in [1.165, 1.54) is 0 Å². The summed E-state index contributed by atoms with van der Waals surface area (Å²) in [5.74, 6) is 0.297. The predicted octanol–water partition coefficient (Wildman–Crippen LogP) is 2.54. The highest BCUT2D eigenvalue weighted by atomic mass is 35.5. The SMILES string of the molecule is Cc1ccc2oc(C(=O)N3CCC(N)CC3)cc2n1.Cl.Cl. The fourth-order valence-electron chi connectivity index (χ4n) is 2.39. The molecule has 0 unspecified atom stereocenters. The molecule has 21 heavy (non-hydrogen) atoms. The Morgan fingerprint density at radius 2 is 2.00 bits per heavy atom. The Bertz CT molecular complexity index is 622. The molecule has 2 aromatic heterocycles. The fourth-order valence-corrected chi connectivity index (χ4v) is 2.39. The van der Waals surface area contributed by atoms with Gasteiger partial charge in [0.25, 0.3) is 5.91 Å². The molecule has 2 N–H and O–H groups in total. The first-order chi connectivity index (χ1) is 9.13. The molecule has 1 fully saturated rings. The number of aryl methyl sites for hydroxylation is 1. The first-order valence-corrected chi connectivity index (χ1v) is 6.55. The van der Waals surface area contributed by atoms with Gasteiger partial charge in [0.2, 0.25) is 0 Å². The van der Waals surface area contributed by atoms with Gasteiger partial charge in [0.1, 0.15) is 5.52 Å². The minimum Gasteiger partial charge on any atom is -0.449 e. The number of furan rings is 1. The van der Waals surface area contributed by atoms with Gasteiger partial charge in [-0.05, 0) is 31.9 Å². The van der Waals surface area contributed by atoms with Crippen molar-refractivity contribution in [3.05, 3.63) is 29.7 Å². The van der Waals surface area contributed by atoms with E-state index in [1.54, 1.807) is 11.0 Å². The lowest BCUT2D eigenvalue weighted by Gasteiger charge is -2.29. The Balaban J connectivity index is 0.00000110. The molecule has 1 aliphatic heterocycles. The van der Waals surface area contributed by atoms with Gasteiger partial charge >= 0.3 is 0 Å². The molecule has 0 bridgehead atoms. The highest BCUT2D eigenvalue weighted by Crippen LogP contribution is 2.20. The van der Waals surface area contributed by atoms with Crippen LogP contribution in [-0.2, 0) is 0 Å². The molecule has 0 aromatic carbocycles. The van der Waals surface area contributed by atoms with Crippen molar-refractivity contribution in [3.63, 3.8) is 0 Å². The minimum absolute atomic E-state index is 0. The van der Waals surface area contributed by atoms with Crippen LogP contribution in [0.3, 0.4) is 0 Å². The number of likely N-dealkylation sites (tertiary alicyclic amines) is 1. The summed E-state index contributed by atoms with van der Waals surface area (Å²) < 4.78 is 5.58. The van der Waals surface area contributed by atoms with Crippen LogP contribution >= 0.6 is 24.8 Å². The van der Waals surface area contributed by atoms with Crippen molar-refractivity contribution in [3.8, 4) is 0 Å². The van der Waals surface area contributed by atoms with Gasteiger partial charge in [-0.15, -0.1) is 24.8 Å². The van der Waals surface area contributed by atoms with Crippen LogP contribution < -0.4 is 5.73 Å². The molecule has 0 atom stereocenters. The van der Waals surface area contributed by atoms with Crippen molar-refractivity contribution in [2.24, 2.45) is 5.73 Å². The van der Waals surface area contributed by atoms with Crippen LogP contribution in [0.5, 0.6) is 0 Å². The summed E-state index contributed by atoms with van der Waals surface area (Å²) in [7, 11) is 0. The van der Waals surface area contributed by atoms with Crippen molar-refractivity contribution in [1.82, 2.24) is 9.88 Å². The number of hydrogen-bond acceptors (Lipinski definition) is 4. The monoisotopic (exact) mass is 331 g/mol. The highest BCUT2D eigenvalue weighted by Gasteiger charge is 2.24. The summed E-state index contributed by atoms with van der Waals surface area (Å²) in [5, 5.41) is 0. The normalized spacial score (nSPS) is 15.4. The average Bonchev–Trinajstić information content (AvgIpc) is 2.81. The van der Waals surface area contributed by atoms with Crippen molar-refractivity contribution in [2.45, 2.75) is 25.8 Å². The number of hydrogen-bond donors (Lipinski definition) is 1. The number of amides is 1. The number of nitrogens with two attached hydrogens (primary N) is 1. The summed E-state index contributed by atoms with van der Waals surface area (Å²) in [4.78, 5) is 18.5. The Labute approximate surface area is 135 Å². The van der Waals surface area contributed by atoms with Gasteiger partial charge in [-0.25, -0.2) is 4.98 Å². The molecule has 3 rings (SSSR count). The fraction of sp³-hybridized carbons (Fsp3) is 0.429. The number of halogens is 2. The lowest BCUT2D eigenvalue weighted by atomic mass is 10.1. The van der Waals surface area contributed by atoms with E-state index in [-0.39, 0.29) is 36.8 Å². The number of aromatic nitrogens is 1. The smallest absolute Gasteiger partial charge is 0.289 e. The Morgan fingerprint density at radius 1 is 1.33 bits per heavy atom. The third-order valence-electron chi connectivity index (χ3n) is 3.55. The van der Waals surface area contributed by atoms with Crippen molar-refractivity contribution < 1.29 is 9.21 Å². The summed E-state index contributed by atoms with van der Waals surface area (Å²) >= 11 is 0. The number of piperidine rings is 1. The molecule has 0 radical (unpaired) electrons. The molecule has 116 valence electrons. The van der Waals surface area contributed by atoms with Gasteiger partial charge in [0.05, 0.1) is 0 Å². The molecule has 1 saturated heterocycles. The van der Waals surface area contributed by atoms with Crippen LogP contribution in [0.25, 0.3) is 11.1 Å². The maximum Gasteiger partial charge on any atom is 0.289 e. The largest absolute Gasteiger partial charge is 0.449 e. The number of pyridine rings is 1. The van der Waals surface area contributed by atoms with Gasteiger partial charge < -0.3 is 15.1 Å². The number of fused-ring (bicyclic) bond motifs is 1. The van der Waals surface area contributed by atoms with E-state index in [0.29, 0.717) is 24.4 Å². The standard InChI is InChI=1S/C14H17N3O2.2ClH/c1-9-2-3-12-11(16-9)8-13(19-12)14(18)17-6-4-10(15)5-7-17;;/h2-3,8,10H,4-7,15H2,1H3;2*1H. The molecule has 0 saturated carbocycles. The third-order valence-corrected chi connectivity index (χ3v) is 3.55. The molecule has 3 heterocycles. The van der Waals surface area contributed by atoms with Crippen LogP contribution in [0.15, 0.2) is 22.6 Å². The number of nitrogens with zero attached hydrogens (tertiary/aromatic N) is 2. The van der Waals surface area contributed by atoms with Crippen LogP contribution in [0.2, 0.25) is 0 Å². The van der Waals surface area contributed by atoms with Crippen LogP contribution in [0.4, 0.5) is 0 Å². The van der Waals surface area contributed by atoms with Gasteiger partial charge in [0.15, 0.2) is 11.3 Å². The zero-order chi connectivity index (χ0) is 13.4. The van der Waals surface area contributed by atoms with Gasteiger partial charge in [0, 0.05) is 30.9 Å². The molecular formula is C14H19Cl2N3O2. The lowest BCUT2D eigenvalue weighted by molar-refractivity contribution is 0.0685. The Kier molecular flexibility index (Phi) is 6.01. The van der Waals surface area contributed by atoms with Gasteiger partial charge in [-0.2, -0.15) is 0 Å². The molecule has 0 aliphatic carbocycles. The Hall–Kier alpha value is -1.30. The first kappa shape index (κ1) is 17.8.